The lowest BCUT2D eigenvalue weighted by Crippen LogP contribution is -2.49. The van der Waals surface area contributed by atoms with Gasteiger partial charge < -0.3 is 15.7 Å². The van der Waals surface area contributed by atoms with Gasteiger partial charge in [-0.15, -0.1) is 0 Å². The summed E-state index contributed by atoms with van der Waals surface area (Å²) in [7, 11) is 0. The third-order valence-electron chi connectivity index (χ3n) is 8.83. The van der Waals surface area contributed by atoms with Crippen LogP contribution < -0.4 is 10.6 Å². The van der Waals surface area contributed by atoms with Gasteiger partial charge in [0, 0.05) is 24.4 Å². The van der Waals surface area contributed by atoms with Crippen molar-refractivity contribution in [2.75, 3.05) is 6.54 Å². The molecule has 0 spiro atoms. The summed E-state index contributed by atoms with van der Waals surface area (Å²) in [5.41, 5.74) is 6.67. The average molecular weight is 503 g/mol. The van der Waals surface area contributed by atoms with Crippen molar-refractivity contribution in [1.29, 1.82) is 0 Å². The Kier molecular flexibility index (Phi) is 6.34. The lowest BCUT2D eigenvalue weighted by atomic mass is 9.53. The first-order chi connectivity index (χ1) is 17.6. The zero-order chi connectivity index (χ0) is 26.4. The van der Waals surface area contributed by atoms with E-state index in [0.29, 0.717) is 12.1 Å². The van der Waals surface area contributed by atoms with Gasteiger partial charge in [-0.2, -0.15) is 5.10 Å². The molecule has 0 atom stereocenters. The molecule has 2 bridgehead atoms. The molecule has 37 heavy (non-hydrogen) atoms. The first kappa shape index (κ1) is 25.1. The Hall–Kier alpha value is -3.61. The second kappa shape index (κ2) is 9.36. The molecule has 3 fully saturated rings. The number of benzene rings is 1. The monoisotopic (exact) mass is 502 g/mol. The topological polar surface area (TPSA) is 78.7 Å². The largest absolute Gasteiger partial charge is 0.481 e. The molecule has 0 aliphatic heterocycles. The second-order valence-corrected chi connectivity index (χ2v) is 11.0. The van der Waals surface area contributed by atoms with Gasteiger partial charge in [-0.05, 0) is 92.7 Å². The third-order valence-corrected chi connectivity index (χ3v) is 8.83. The van der Waals surface area contributed by atoms with Gasteiger partial charge in [0.2, 0.25) is 0 Å². The maximum absolute atomic E-state index is 13.6. The fourth-order valence-corrected chi connectivity index (χ4v) is 6.11. The van der Waals surface area contributed by atoms with E-state index in [-0.39, 0.29) is 11.2 Å². The number of aliphatic carboxylic acids is 1. The highest BCUT2D eigenvalue weighted by Gasteiger charge is 2.52. The maximum atomic E-state index is 13.6. The van der Waals surface area contributed by atoms with Crippen molar-refractivity contribution in [2.45, 2.75) is 58.9 Å². The van der Waals surface area contributed by atoms with Gasteiger partial charge in [0.05, 0.1) is 28.5 Å². The number of aromatic nitrogens is 2. The van der Waals surface area contributed by atoms with Crippen molar-refractivity contribution in [3.8, 4) is 0 Å². The maximum Gasteiger partial charge on any atom is 0.309 e. The zero-order valence-electron chi connectivity index (χ0n) is 21.7. The van der Waals surface area contributed by atoms with Crippen LogP contribution in [-0.2, 0) is 11.3 Å². The van der Waals surface area contributed by atoms with Crippen molar-refractivity contribution in [3.63, 3.8) is 0 Å². The Balaban J connectivity index is 1.32. The zero-order valence-corrected chi connectivity index (χ0v) is 21.7. The van der Waals surface area contributed by atoms with E-state index >= 15 is 0 Å². The van der Waals surface area contributed by atoms with Crippen LogP contribution in [0.25, 0.3) is 16.9 Å². The van der Waals surface area contributed by atoms with Gasteiger partial charge in [-0.3, -0.25) is 4.79 Å². The summed E-state index contributed by atoms with van der Waals surface area (Å²) in [6.07, 6.45) is 6.85. The predicted octanol–water partition coefficient (Wildman–Crippen LogP) is 5.84. The molecule has 6 rings (SSSR count). The molecule has 1 aromatic carbocycles. The quantitative estimate of drug-likeness (QED) is 0.343. The molecule has 3 aliphatic rings. The predicted molar refractivity (Wildman–Crippen MR) is 144 cm³/mol. The fraction of sp³-hybridized carbons (Fsp3) is 0.400. The number of nitrogens with one attached hydrogen (secondary N) is 2. The van der Waals surface area contributed by atoms with E-state index in [0.717, 1.165) is 84.4 Å². The molecule has 2 aromatic heterocycles. The molecular weight excluding hydrogens is 467 g/mol. The van der Waals surface area contributed by atoms with Crippen molar-refractivity contribution in [1.82, 2.24) is 20.2 Å². The SMILES string of the molecule is C=C(NCc1ccc(F)c(C)c1)c1cc(C(=C)NCC23CCC(C(=O)O)(CC2)CC3)n2nccc2c1C. The third kappa shape index (κ3) is 4.52. The summed E-state index contributed by atoms with van der Waals surface area (Å²) in [5.74, 6) is -0.836. The molecule has 3 N–H and O–H groups in total. The van der Waals surface area contributed by atoms with Crippen LogP contribution in [0.3, 0.4) is 0 Å². The average Bonchev–Trinajstić information content (AvgIpc) is 3.40. The van der Waals surface area contributed by atoms with E-state index in [1.165, 1.54) is 6.07 Å². The first-order valence-electron chi connectivity index (χ1n) is 13.0. The number of hydrogen-bond donors (Lipinski definition) is 3. The highest BCUT2D eigenvalue weighted by atomic mass is 19.1. The summed E-state index contributed by atoms with van der Waals surface area (Å²) in [5, 5.41) is 21.2. The van der Waals surface area contributed by atoms with Crippen molar-refractivity contribution in [3.05, 3.63) is 83.5 Å². The minimum absolute atomic E-state index is 0.120. The number of rotatable bonds is 9. The molecule has 6 nitrogen and oxygen atoms in total. The highest BCUT2D eigenvalue weighted by molar-refractivity contribution is 5.77. The number of aryl methyl sites for hydroxylation is 2. The number of fused-ring (bicyclic) bond motifs is 4. The summed E-state index contributed by atoms with van der Waals surface area (Å²) in [4.78, 5) is 11.8. The summed E-state index contributed by atoms with van der Waals surface area (Å²) < 4.78 is 15.6. The molecule has 0 radical (unpaired) electrons. The van der Waals surface area contributed by atoms with Crippen molar-refractivity contribution < 1.29 is 14.3 Å². The Morgan fingerprint density at radius 2 is 1.76 bits per heavy atom. The van der Waals surface area contributed by atoms with Gasteiger partial charge in [0.1, 0.15) is 5.82 Å². The van der Waals surface area contributed by atoms with E-state index in [4.69, 9.17) is 0 Å². The van der Waals surface area contributed by atoms with Crippen LogP contribution in [0.4, 0.5) is 4.39 Å². The first-order valence-corrected chi connectivity index (χ1v) is 13.0. The molecule has 3 aliphatic carbocycles. The fourth-order valence-electron chi connectivity index (χ4n) is 6.11. The highest BCUT2D eigenvalue weighted by Crippen LogP contribution is 2.56. The Morgan fingerprint density at radius 1 is 1.05 bits per heavy atom. The standard InChI is InChI=1S/C30H35FN4O2/c1-19-15-23(5-6-25(19)31)17-32-21(3)24-16-27(35-26(20(24)2)7-14-34-35)22(4)33-18-29-8-11-30(12-9-29,13-10-29)28(36)37/h5-7,14-16,32-33H,3-4,8-13,17-18H2,1-2H3,(H,36,37). The minimum Gasteiger partial charge on any atom is -0.481 e. The van der Waals surface area contributed by atoms with Crippen LogP contribution >= 0.6 is 0 Å². The van der Waals surface area contributed by atoms with Crippen LogP contribution in [0, 0.1) is 30.5 Å². The molecule has 3 saturated carbocycles. The second-order valence-electron chi connectivity index (χ2n) is 11.0. The lowest BCUT2D eigenvalue weighted by molar-refractivity contribution is -0.158. The molecule has 194 valence electrons. The molecule has 0 amide bonds. The van der Waals surface area contributed by atoms with Gasteiger partial charge in [0.25, 0.3) is 0 Å². The molecule has 7 heteroatoms. The minimum atomic E-state index is -0.630. The smallest absolute Gasteiger partial charge is 0.309 e. The lowest BCUT2D eigenvalue weighted by Gasteiger charge is -2.51. The van der Waals surface area contributed by atoms with E-state index in [1.807, 2.05) is 16.6 Å². The van der Waals surface area contributed by atoms with Gasteiger partial charge in [0.15, 0.2) is 0 Å². The van der Waals surface area contributed by atoms with Crippen LogP contribution in [0.1, 0.15) is 66.5 Å². The summed E-state index contributed by atoms with van der Waals surface area (Å²) in [6, 6.07) is 9.16. The number of pyridine rings is 1. The summed E-state index contributed by atoms with van der Waals surface area (Å²) >= 11 is 0. The molecule has 2 heterocycles. The molecule has 3 aromatic rings. The molecule has 0 saturated heterocycles. The number of halogens is 1. The normalized spacial score (nSPS) is 22.7. The van der Waals surface area contributed by atoms with Crippen LogP contribution in [0.5, 0.6) is 0 Å². The van der Waals surface area contributed by atoms with E-state index in [1.54, 1.807) is 19.2 Å². The van der Waals surface area contributed by atoms with Gasteiger partial charge in [-0.1, -0.05) is 25.3 Å². The Morgan fingerprint density at radius 3 is 2.41 bits per heavy atom. The number of carboxylic acids is 1. The molecule has 0 unspecified atom stereocenters. The number of nitrogens with zero attached hydrogens (tertiary/aromatic N) is 2. The molecular formula is C30H35FN4O2. The van der Waals surface area contributed by atoms with E-state index in [2.05, 4.69) is 41.9 Å². The van der Waals surface area contributed by atoms with E-state index in [9.17, 15) is 14.3 Å². The van der Waals surface area contributed by atoms with Gasteiger partial charge >= 0.3 is 5.97 Å². The van der Waals surface area contributed by atoms with Crippen LogP contribution in [0.2, 0.25) is 0 Å². The number of hydrogen-bond acceptors (Lipinski definition) is 4. The van der Waals surface area contributed by atoms with Crippen molar-refractivity contribution >= 4 is 22.9 Å². The van der Waals surface area contributed by atoms with E-state index < -0.39 is 11.4 Å². The number of carboxylic acid groups (broad SMARTS) is 1. The van der Waals surface area contributed by atoms with Gasteiger partial charge in [-0.25, -0.2) is 8.91 Å². The Labute approximate surface area is 217 Å². The number of carbonyl (C=O) groups is 1. The van der Waals surface area contributed by atoms with Crippen LogP contribution in [0.15, 0.2) is 49.7 Å². The summed E-state index contributed by atoms with van der Waals surface area (Å²) in [6.45, 7) is 13.8. The Bertz CT molecular complexity index is 1380. The van der Waals surface area contributed by atoms with Crippen molar-refractivity contribution in [2.24, 2.45) is 10.8 Å². The van der Waals surface area contributed by atoms with Crippen LogP contribution in [-0.4, -0.2) is 27.2 Å².